The van der Waals surface area contributed by atoms with E-state index in [0.29, 0.717) is 0 Å². The molecule has 0 aromatic heterocycles. The summed E-state index contributed by atoms with van der Waals surface area (Å²) in [4.78, 5) is 40.1. The predicted molar refractivity (Wildman–Crippen MR) is 101 cm³/mol. The quantitative estimate of drug-likeness (QED) is 0.317. The van der Waals surface area contributed by atoms with Crippen LogP contribution in [0.2, 0.25) is 0 Å². The second kappa shape index (κ2) is 14.5. The molecular formula is C20H20F6N2O8. The Morgan fingerprint density at radius 1 is 0.750 bits per heavy atom. The van der Waals surface area contributed by atoms with Crippen molar-refractivity contribution in [3.8, 4) is 0 Å². The van der Waals surface area contributed by atoms with Gasteiger partial charge in [0.2, 0.25) is 0 Å². The molecule has 0 amide bonds. The van der Waals surface area contributed by atoms with Crippen molar-refractivity contribution in [1.29, 1.82) is 0 Å². The molecule has 0 spiro atoms. The van der Waals surface area contributed by atoms with Crippen molar-refractivity contribution in [2.45, 2.75) is 25.6 Å². The lowest BCUT2D eigenvalue weighted by atomic mass is 10.0. The Morgan fingerprint density at radius 3 is 1.58 bits per heavy atom. The van der Waals surface area contributed by atoms with Crippen molar-refractivity contribution in [1.82, 2.24) is 0 Å². The molecule has 0 radical (unpaired) electrons. The van der Waals surface area contributed by atoms with Crippen molar-refractivity contribution < 1.29 is 76.7 Å². The number of halogens is 6. The number of alkyl halides is 6. The van der Waals surface area contributed by atoms with Crippen LogP contribution in [0, 0.1) is 0 Å². The summed E-state index contributed by atoms with van der Waals surface area (Å²) in [6, 6.07) is 11.6. The lowest BCUT2D eigenvalue weighted by molar-refractivity contribution is -0.360. The minimum Gasteiger partial charge on any atom is -0.542 e. The number of carbonyl (C=O) groups excluding carboxylic acids is 4. The van der Waals surface area contributed by atoms with Crippen LogP contribution in [0.4, 0.5) is 26.3 Å². The highest BCUT2D eigenvalue weighted by atomic mass is 19.4. The summed E-state index contributed by atoms with van der Waals surface area (Å²) in [6.45, 7) is 0.543. The molecule has 10 nitrogen and oxygen atoms in total. The molecule has 2 aromatic carbocycles. The molecule has 6 N–H and O–H groups in total. The number of carbonyl (C=O) groups is 4. The Hall–Kier alpha value is -3.92. The Kier molecular flexibility index (Phi) is 12.9. The van der Waals surface area contributed by atoms with Crippen LogP contribution in [0.25, 0.3) is 10.8 Å². The maximum atomic E-state index is 11.3. The summed E-state index contributed by atoms with van der Waals surface area (Å²) >= 11 is 0. The molecule has 0 atom stereocenters. The number of aliphatic carboxylic acids is 2. The summed E-state index contributed by atoms with van der Waals surface area (Å²) < 4.78 is 73.4. The number of carboxylic acids is 2. The van der Waals surface area contributed by atoms with Crippen LogP contribution in [0.3, 0.4) is 0 Å². The first-order valence-corrected chi connectivity index (χ1v) is 9.49. The van der Waals surface area contributed by atoms with Gasteiger partial charge >= 0.3 is 24.3 Å². The van der Waals surface area contributed by atoms with Gasteiger partial charge in [-0.25, -0.2) is 9.59 Å². The monoisotopic (exact) mass is 530 g/mol. The summed E-state index contributed by atoms with van der Waals surface area (Å²) in [7, 11) is 0. The molecular weight excluding hydrogens is 510 g/mol. The van der Waals surface area contributed by atoms with Gasteiger partial charge in [-0.15, -0.1) is 0 Å². The van der Waals surface area contributed by atoms with Crippen LogP contribution in [-0.4, -0.2) is 49.3 Å². The smallest absolute Gasteiger partial charge is 0.430 e. The summed E-state index contributed by atoms with van der Waals surface area (Å²) in [5.74, 6) is -6.71. The molecule has 0 bridgehead atoms. The van der Waals surface area contributed by atoms with E-state index in [-0.39, 0.29) is 38.2 Å². The molecule has 2 aromatic rings. The van der Waals surface area contributed by atoms with Gasteiger partial charge < -0.3 is 40.7 Å². The zero-order valence-corrected chi connectivity index (χ0v) is 18.2. The number of rotatable bonds is 6. The van der Waals surface area contributed by atoms with Crippen LogP contribution >= 0.6 is 0 Å². The first kappa shape index (κ1) is 32.1. The zero-order valence-electron chi connectivity index (χ0n) is 18.2. The number of ether oxygens (including phenoxy) is 2. The summed E-state index contributed by atoms with van der Waals surface area (Å²) in [5, 5.41) is 19.6. The standard InChI is InChI=1S/C16H18N2O4.2C2HF3O2/c17-7-15(19)21-9-11-5-12-3-1-2-4-14(12)13(6-11)10-22-16(20)8-18;2*3-2(4,5)1(6)7/h1-6H,7-10,17-18H2;2*(H,6,7). The minimum absolute atomic E-state index is 0.0960. The van der Waals surface area contributed by atoms with Gasteiger partial charge in [0.1, 0.15) is 25.2 Å². The van der Waals surface area contributed by atoms with E-state index in [4.69, 9.17) is 29.3 Å². The third-order valence-corrected chi connectivity index (χ3v) is 3.67. The Labute approximate surface area is 198 Å². The molecule has 0 fully saturated rings. The van der Waals surface area contributed by atoms with Gasteiger partial charge in [-0.1, -0.05) is 24.3 Å². The fraction of sp³-hybridized carbons (Fsp3) is 0.300. The second-order valence-corrected chi connectivity index (χ2v) is 6.37. The van der Waals surface area contributed by atoms with E-state index >= 15 is 0 Å². The molecule has 0 aliphatic rings. The normalized spacial score (nSPS) is 10.8. The molecule has 16 heteroatoms. The van der Waals surface area contributed by atoms with Crippen LogP contribution in [-0.2, 0) is 41.9 Å². The fourth-order valence-corrected chi connectivity index (χ4v) is 2.13. The number of fused-ring (bicyclic) bond motifs is 1. The van der Waals surface area contributed by atoms with E-state index in [1.54, 1.807) is 0 Å². The minimum atomic E-state index is -5.19. The van der Waals surface area contributed by atoms with Gasteiger partial charge in [0.15, 0.2) is 13.1 Å². The number of hydrogen-bond acceptors (Lipinski definition) is 8. The maximum absolute atomic E-state index is 11.3. The second-order valence-electron chi connectivity index (χ2n) is 6.37. The Morgan fingerprint density at radius 2 is 1.17 bits per heavy atom. The average molecular weight is 530 g/mol. The number of benzene rings is 2. The highest BCUT2D eigenvalue weighted by Gasteiger charge is 2.29. The Bertz CT molecular complexity index is 1030. The van der Waals surface area contributed by atoms with Gasteiger partial charge in [0.05, 0.1) is 0 Å². The van der Waals surface area contributed by atoms with E-state index in [1.807, 2.05) is 36.4 Å². The molecule has 0 saturated carbocycles. The lowest BCUT2D eigenvalue weighted by Gasteiger charge is -2.11. The SMILES string of the molecule is O=C([O-])C(F)(F)F.O=C([O-])C(F)(F)F.[NH3+]CC(=O)OCc1cc(COC(=O)C[NH3+])c2ccccc2c1. The van der Waals surface area contributed by atoms with Crippen molar-refractivity contribution in [2.24, 2.45) is 0 Å². The first-order valence-electron chi connectivity index (χ1n) is 9.49. The van der Waals surface area contributed by atoms with Crippen molar-refractivity contribution >= 4 is 34.6 Å². The van der Waals surface area contributed by atoms with E-state index in [1.165, 1.54) is 0 Å². The molecule has 200 valence electrons. The largest absolute Gasteiger partial charge is 0.542 e. The van der Waals surface area contributed by atoms with E-state index in [2.05, 4.69) is 11.5 Å². The number of esters is 2. The zero-order chi connectivity index (χ0) is 28.1. The van der Waals surface area contributed by atoms with Gasteiger partial charge in [-0.05, 0) is 34.0 Å². The number of hydrogen-bond donors (Lipinski definition) is 2. The average Bonchev–Trinajstić information content (AvgIpc) is 2.80. The number of quaternary nitrogens is 2. The van der Waals surface area contributed by atoms with Crippen molar-refractivity contribution in [2.75, 3.05) is 13.1 Å². The van der Waals surface area contributed by atoms with Crippen LogP contribution < -0.4 is 21.7 Å². The van der Waals surface area contributed by atoms with Gasteiger partial charge in [0, 0.05) is 0 Å². The molecule has 0 aliphatic heterocycles. The Balaban J connectivity index is 0.000000720. The number of carboxylic acid groups (broad SMARTS) is 2. The third kappa shape index (κ3) is 12.5. The molecule has 2 rings (SSSR count). The van der Waals surface area contributed by atoms with Crippen molar-refractivity contribution in [3.05, 3.63) is 47.5 Å². The lowest BCUT2D eigenvalue weighted by Crippen LogP contribution is -2.54. The molecule has 0 heterocycles. The van der Waals surface area contributed by atoms with E-state index < -0.39 is 24.3 Å². The van der Waals surface area contributed by atoms with Gasteiger partial charge in [-0.2, -0.15) is 26.3 Å². The molecule has 0 saturated heterocycles. The highest BCUT2D eigenvalue weighted by molar-refractivity contribution is 5.86. The van der Waals surface area contributed by atoms with E-state index in [9.17, 15) is 35.9 Å². The highest BCUT2D eigenvalue weighted by Crippen LogP contribution is 2.22. The van der Waals surface area contributed by atoms with Gasteiger partial charge in [0.25, 0.3) is 0 Å². The van der Waals surface area contributed by atoms with Crippen LogP contribution in [0.15, 0.2) is 36.4 Å². The van der Waals surface area contributed by atoms with E-state index in [0.717, 1.165) is 21.9 Å². The van der Waals surface area contributed by atoms with Crippen molar-refractivity contribution in [3.63, 3.8) is 0 Å². The fourth-order valence-electron chi connectivity index (χ4n) is 2.13. The molecule has 36 heavy (non-hydrogen) atoms. The summed E-state index contributed by atoms with van der Waals surface area (Å²) in [5.41, 5.74) is 8.71. The van der Waals surface area contributed by atoms with Crippen LogP contribution in [0.5, 0.6) is 0 Å². The van der Waals surface area contributed by atoms with Gasteiger partial charge in [-0.3, -0.25) is 0 Å². The van der Waals surface area contributed by atoms with Crippen LogP contribution in [0.1, 0.15) is 11.1 Å². The maximum Gasteiger partial charge on any atom is 0.430 e. The third-order valence-electron chi connectivity index (χ3n) is 3.67. The molecule has 0 unspecified atom stereocenters. The topological polar surface area (TPSA) is 188 Å². The predicted octanol–water partition coefficient (Wildman–Crippen LogP) is -1.99. The first-order chi connectivity index (χ1) is 16.5. The molecule has 0 aliphatic carbocycles. The summed E-state index contributed by atoms with van der Waals surface area (Å²) in [6.07, 6.45) is -10.4.